The predicted octanol–water partition coefficient (Wildman–Crippen LogP) is 1.38. The van der Waals surface area contributed by atoms with E-state index in [-0.39, 0.29) is 5.75 Å². The van der Waals surface area contributed by atoms with Gasteiger partial charge in [0.2, 0.25) is 10.0 Å². The van der Waals surface area contributed by atoms with Gasteiger partial charge in [-0.3, -0.25) is 0 Å². The highest BCUT2D eigenvalue weighted by Gasteiger charge is 2.36. The van der Waals surface area contributed by atoms with Crippen LogP contribution in [-0.2, 0) is 16.6 Å². The van der Waals surface area contributed by atoms with Crippen LogP contribution in [0.3, 0.4) is 0 Å². The molecule has 0 radical (unpaired) electrons. The fourth-order valence-corrected chi connectivity index (χ4v) is 2.77. The molecule has 1 N–H and O–H groups in total. The van der Waals surface area contributed by atoms with E-state index in [0.717, 1.165) is 17.4 Å². The summed E-state index contributed by atoms with van der Waals surface area (Å²) in [6, 6.07) is 4.00. The molecule has 19 heavy (non-hydrogen) atoms. The molecule has 0 saturated heterocycles. The van der Waals surface area contributed by atoms with Gasteiger partial charge in [0.25, 0.3) is 0 Å². The van der Waals surface area contributed by atoms with E-state index in [0.29, 0.717) is 19.0 Å². The summed E-state index contributed by atoms with van der Waals surface area (Å²) in [5.41, 5.74) is 0. The fraction of sp³-hybridized carbons (Fsp3) is 0.692. The summed E-state index contributed by atoms with van der Waals surface area (Å²) >= 11 is 0. The summed E-state index contributed by atoms with van der Waals surface area (Å²) in [6.45, 7) is 3.22. The number of sulfonamides is 1. The molecule has 2 unspecified atom stereocenters. The lowest BCUT2D eigenvalue weighted by molar-refractivity contribution is 0.446. The minimum Gasteiger partial charge on any atom is -0.464 e. The van der Waals surface area contributed by atoms with Crippen LogP contribution in [0, 0.1) is 5.92 Å². The molecule has 0 spiro atoms. The van der Waals surface area contributed by atoms with E-state index < -0.39 is 10.0 Å². The van der Waals surface area contributed by atoms with Crippen molar-refractivity contribution >= 4 is 10.0 Å². The van der Waals surface area contributed by atoms with Crippen molar-refractivity contribution < 1.29 is 12.8 Å². The first kappa shape index (κ1) is 14.6. The van der Waals surface area contributed by atoms with E-state index in [4.69, 9.17) is 4.42 Å². The molecule has 1 heterocycles. The zero-order valence-corrected chi connectivity index (χ0v) is 12.5. The Labute approximate surface area is 115 Å². The average Bonchev–Trinajstić information content (AvgIpc) is 2.89. The van der Waals surface area contributed by atoms with Crippen molar-refractivity contribution in [3.63, 3.8) is 0 Å². The Morgan fingerprint density at radius 1 is 1.42 bits per heavy atom. The van der Waals surface area contributed by atoms with Gasteiger partial charge in [-0.15, -0.1) is 0 Å². The first-order valence-corrected chi connectivity index (χ1v) is 8.20. The Morgan fingerprint density at radius 2 is 2.11 bits per heavy atom. The van der Waals surface area contributed by atoms with Crippen LogP contribution in [0.2, 0.25) is 0 Å². The predicted molar refractivity (Wildman–Crippen MR) is 74.4 cm³/mol. The largest absolute Gasteiger partial charge is 0.464 e. The van der Waals surface area contributed by atoms with E-state index in [2.05, 4.69) is 12.2 Å². The molecule has 1 fully saturated rings. The number of rotatable bonds is 7. The van der Waals surface area contributed by atoms with Gasteiger partial charge >= 0.3 is 0 Å². The lowest BCUT2D eigenvalue weighted by Gasteiger charge is -2.11. The molecule has 5 nitrogen and oxygen atoms in total. The minimum absolute atomic E-state index is 0.104. The zero-order valence-electron chi connectivity index (χ0n) is 11.7. The Morgan fingerprint density at radius 3 is 2.68 bits per heavy atom. The Kier molecular flexibility index (Phi) is 4.32. The highest BCUT2D eigenvalue weighted by atomic mass is 32.2. The van der Waals surface area contributed by atoms with Gasteiger partial charge in [-0.05, 0) is 24.5 Å². The van der Waals surface area contributed by atoms with Gasteiger partial charge in [0.15, 0.2) is 0 Å². The number of nitrogens with one attached hydrogen (secondary N) is 1. The second-order valence-corrected chi connectivity index (χ2v) is 7.70. The average molecular weight is 286 g/mol. The van der Waals surface area contributed by atoms with Gasteiger partial charge in [0.1, 0.15) is 11.5 Å². The first-order valence-electron chi connectivity index (χ1n) is 6.59. The van der Waals surface area contributed by atoms with Crippen molar-refractivity contribution in [2.24, 2.45) is 5.92 Å². The van der Waals surface area contributed by atoms with Gasteiger partial charge in [0.05, 0.1) is 12.3 Å². The SMILES string of the molecule is CC1CC1c1ccc(CNCCS(=O)(=O)N(C)C)o1. The van der Waals surface area contributed by atoms with E-state index >= 15 is 0 Å². The van der Waals surface area contributed by atoms with Crippen molar-refractivity contribution in [2.45, 2.75) is 25.8 Å². The smallest absolute Gasteiger partial charge is 0.214 e. The van der Waals surface area contributed by atoms with E-state index in [9.17, 15) is 8.42 Å². The van der Waals surface area contributed by atoms with E-state index in [1.165, 1.54) is 10.7 Å². The third kappa shape index (κ3) is 3.81. The molecule has 0 aromatic carbocycles. The molecule has 6 heteroatoms. The highest BCUT2D eigenvalue weighted by Crippen LogP contribution is 2.47. The van der Waals surface area contributed by atoms with Gasteiger partial charge in [-0.25, -0.2) is 12.7 Å². The molecule has 1 aliphatic carbocycles. The first-order chi connectivity index (χ1) is 8.90. The monoisotopic (exact) mass is 286 g/mol. The number of furan rings is 1. The number of hydrogen-bond donors (Lipinski definition) is 1. The third-order valence-corrected chi connectivity index (χ3v) is 5.38. The Hall–Kier alpha value is -0.850. The van der Waals surface area contributed by atoms with Crippen molar-refractivity contribution in [3.05, 3.63) is 23.7 Å². The second kappa shape index (κ2) is 5.64. The fourth-order valence-electron chi connectivity index (χ4n) is 2.00. The molecule has 1 aromatic rings. The van der Waals surface area contributed by atoms with Crippen molar-refractivity contribution in [1.29, 1.82) is 0 Å². The van der Waals surface area contributed by atoms with Gasteiger partial charge in [0, 0.05) is 26.6 Å². The van der Waals surface area contributed by atoms with Crippen molar-refractivity contribution in [3.8, 4) is 0 Å². The van der Waals surface area contributed by atoms with Crippen LogP contribution in [0.1, 0.15) is 30.8 Å². The van der Waals surface area contributed by atoms with E-state index in [1.54, 1.807) is 14.1 Å². The Balaban J connectivity index is 1.73. The van der Waals surface area contributed by atoms with Gasteiger partial charge in [-0.2, -0.15) is 0 Å². The molecule has 2 atom stereocenters. The summed E-state index contributed by atoms with van der Waals surface area (Å²) in [5, 5.41) is 3.10. The second-order valence-electron chi connectivity index (χ2n) is 5.40. The molecule has 0 amide bonds. The summed E-state index contributed by atoms with van der Waals surface area (Å²) in [4.78, 5) is 0. The van der Waals surface area contributed by atoms with Crippen LogP contribution in [0.15, 0.2) is 16.5 Å². The molecule has 0 aliphatic heterocycles. The van der Waals surface area contributed by atoms with Gasteiger partial charge < -0.3 is 9.73 Å². The van der Waals surface area contributed by atoms with Crippen LogP contribution in [-0.4, -0.2) is 39.1 Å². The summed E-state index contributed by atoms with van der Waals surface area (Å²) in [7, 11) is -0.0248. The normalized spacial score (nSPS) is 22.9. The maximum atomic E-state index is 11.5. The van der Waals surface area contributed by atoms with Crippen LogP contribution in [0.4, 0.5) is 0 Å². The summed E-state index contributed by atoms with van der Waals surface area (Å²) < 4.78 is 30.1. The number of hydrogen-bond acceptors (Lipinski definition) is 4. The quantitative estimate of drug-likeness (QED) is 0.769. The molecule has 0 bridgehead atoms. The van der Waals surface area contributed by atoms with Crippen LogP contribution >= 0.6 is 0 Å². The lowest BCUT2D eigenvalue weighted by atomic mass is 10.3. The van der Waals surface area contributed by atoms with Crippen molar-refractivity contribution in [1.82, 2.24) is 9.62 Å². The third-order valence-electron chi connectivity index (χ3n) is 3.55. The standard InChI is InChI=1S/C13H22N2O3S/c1-10-8-12(10)13-5-4-11(18-13)9-14-6-7-19(16,17)15(2)3/h4-5,10,12,14H,6-9H2,1-3H3. The molecule has 1 aliphatic rings. The topological polar surface area (TPSA) is 62.6 Å². The van der Waals surface area contributed by atoms with Crippen LogP contribution in [0.25, 0.3) is 0 Å². The van der Waals surface area contributed by atoms with Crippen molar-refractivity contribution in [2.75, 3.05) is 26.4 Å². The molecule has 1 aromatic heterocycles. The maximum absolute atomic E-state index is 11.5. The summed E-state index contributed by atoms with van der Waals surface area (Å²) in [5.74, 6) is 3.36. The maximum Gasteiger partial charge on any atom is 0.214 e. The molecular formula is C13H22N2O3S. The van der Waals surface area contributed by atoms with Gasteiger partial charge in [-0.1, -0.05) is 6.92 Å². The molecule has 2 rings (SSSR count). The van der Waals surface area contributed by atoms with E-state index in [1.807, 2.05) is 12.1 Å². The highest BCUT2D eigenvalue weighted by molar-refractivity contribution is 7.89. The molecule has 108 valence electrons. The van der Waals surface area contributed by atoms with Crippen LogP contribution < -0.4 is 5.32 Å². The molecular weight excluding hydrogens is 264 g/mol. The lowest BCUT2D eigenvalue weighted by Crippen LogP contribution is -2.30. The van der Waals surface area contributed by atoms with Crippen LogP contribution in [0.5, 0.6) is 0 Å². The Bertz CT molecular complexity index is 522. The number of nitrogens with zero attached hydrogens (tertiary/aromatic N) is 1. The summed E-state index contributed by atoms with van der Waals surface area (Å²) in [6.07, 6.45) is 1.21. The zero-order chi connectivity index (χ0) is 14.0. The molecule has 1 saturated carbocycles. The minimum atomic E-state index is -3.12.